The number of hydrogen-bond acceptors (Lipinski definition) is 6. The van der Waals surface area contributed by atoms with Gasteiger partial charge in [-0.2, -0.15) is 0 Å². The number of rotatable bonds is 3. The van der Waals surface area contributed by atoms with Crippen molar-refractivity contribution in [1.29, 1.82) is 0 Å². The summed E-state index contributed by atoms with van der Waals surface area (Å²) < 4.78 is 24.2. The van der Waals surface area contributed by atoms with E-state index in [0.29, 0.717) is 32.7 Å². The van der Waals surface area contributed by atoms with Crippen molar-refractivity contribution in [1.82, 2.24) is 15.1 Å². The van der Waals surface area contributed by atoms with Gasteiger partial charge in [-0.15, -0.1) is 0 Å². The number of carbonyl (C=O) groups is 1. The molecule has 1 unspecified atom stereocenters. The van der Waals surface area contributed by atoms with Crippen LogP contribution in [0.1, 0.15) is 26.3 Å². The fourth-order valence-electron chi connectivity index (χ4n) is 3.22. The molecular weight excluding hydrogens is 351 g/mol. The molecule has 0 aromatic heterocycles. The van der Waals surface area contributed by atoms with Gasteiger partial charge in [-0.25, -0.2) is 9.18 Å². The highest BCUT2D eigenvalue weighted by atomic mass is 19.1. The molecule has 0 bridgehead atoms. The second-order valence-electron chi connectivity index (χ2n) is 7.76. The fourth-order valence-corrected chi connectivity index (χ4v) is 3.22. The normalized spacial score (nSPS) is 19.4. The van der Waals surface area contributed by atoms with Crippen LogP contribution < -0.4 is 10.1 Å². The minimum atomic E-state index is -0.499. The predicted octanol–water partition coefficient (Wildman–Crippen LogP) is 2.21. The van der Waals surface area contributed by atoms with Gasteiger partial charge in [-0.05, 0) is 38.5 Å². The van der Waals surface area contributed by atoms with E-state index in [4.69, 9.17) is 9.47 Å². The van der Waals surface area contributed by atoms with Gasteiger partial charge in [-0.3, -0.25) is 4.99 Å². The second kappa shape index (κ2) is 7.62. The van der Waals surface area contributed by atoms with Crippen LogP contribution in [-0.4, -0.2) is 66.8 Å². The summed E-state index contributed by atoms with van der Waals surface area (Å²) in [6.45, 7) is 8.55. The number of ether oxygens (including phenoxy) is 2. The van der Waals surface area contributed by atoms with Crippen molar-refractivity contribution < 1.29 is 18.7 Å². The quantitative estimate of drug-likeness (QED) is 0.874. The average Bonchev–Trinajstić information content (AvgIpc) is 3.01. The number of amides is 1. The van der Waals surface area contributed by atoms with E-state index in [0.717, 1.165) is 11.5 Å². The van der Waals surface area contributed by atoms with E-state index in [1.165, 1.54) is 13.2 Å². The minimum absolute atomic E-state index is 0.140. The second-order valence-corrected chi connectivity index (χ2v) is 7.76. The molecule has 148 valence electrons. The van der Waals surface area contributed by atoms with Crippen molar-refractivity contribution in [2.24, 2.45) is 4.99 Å². The van der Waals surface area contributed by atoms with Crippen LogP contribution >= 0.6 is 0 Å². The van der Waals surface area contributed by atoms with Crippen LogP contribution in [0, 0.1) is 5.82 Å². The molecule has 0 spiro atoms. The van der Waals surface area contributed by atoms with Crippen molar-refractivity contribution in [3.8, 4) is 5.75 Å². The Morgan fingerprint density at radius 3 is 2.81 bits per heavy atom. The van der Waals surface area contributed by atoms with Crippen LogP contribution in [0.15, 0.2) is 23.2 Å². The number of hydrogen-bond donors (Lipinski definition) is 1. The lowest BCUT2D eigenvalue weighted by Gasteiger charge is -2.39. The number of piperazine rings is 1. The third-order valence-electron chi connectivity index (χ3n) is 4.53. The molecule has 0 saturated carbocycles. The molecule has 3 rings (SSSR count). The van der Waals surface area contributed by atoms with Crippen LogP contribution in [0.2, 0.25) is 0 Å². The molecule has 0 aliphatic carbocycles. The highest BCUT2D eigenvalue weighted by Crippen LogP contribution is 2.20. The summed E-state index contributed by atoms with van der Waals surface area (Å²) in [6, 6.07) is 5.04. The van der Waals surface area contributed by atoms with Crippen molar-refractivity contribution in [3.63, 3.8) is 0 Å². The van der Waals surface area contributed by atoms with Gasteiger partial charge in [0.2, 0.25) is 0 Å². The number of carbonyl (C=O) groups excluding carboxylic acids is 1. The summed E-state index contributed by atoms with van der Waals surface area (Å²) in [5.41, 5.74) is 0.313. The molecule has 1 atom stereocenters. The molecular formula is C19H27FN4O3. The van der Waals surface area contributed by atoms with E-state index in [-0.39, 0.29) is 23.7 Å². The average molecular weight is 378 g/mol. The fraction of sp³-hybridized carbons (Fsp3) is 0.579. The molecule has 1 saturated heterocycles. The number of nitrogens with zero attached hydrogens (tertiary/aromatic N) is 3. The van der Waals surface area contributed by atoms with Crippen LogP contribution in [0.5, 0.6) is 5.75 Å². The Bertz CT molecular complexity index is 732. The lowest BCUT2D eigenvalue weighted by molar-refractivity contribution is 0.0137. The topological polar surface area (TPSA) is 66.4 Å². The van der Waals surface area contributed by atoms with E-state index >= 15 is 0 Å². The minimum Gasteiger partial charge on any atom is -0.494 e. The summed E-state index contributed by atoms with van der Waals surface area (Å²) in [5.74, 6) is 0.643. The summed E-state index contributed by atoms with van der Waals surface area (Å²) in [7, 11) is 1.45. The zero-order chi connectivity index (χ0) is 19.6. The largest absolute Gasteiger partial charge is 0.494 e. The SMILES string of the molecule is COc1ccc(CNC2=NCC3CN(C(=O)OC(C)(C)C)CCN23)cc1F. The Labute approximate surface area is 159 Å². The molecule has 8 heteroatoms. The zero-order valence-corrected chi connectivity index (χ0v) is 16.3. The van der Waals surface area contributed by atoms with Gasteiger partial charge >= 0.3 is 6.09 Å². The maximum atomic E-state index is 13.8. The van der Waals surface area contributed by atoms with Gasteiger partial charge < -0.3 is 24.6 Å². The van der Waals surface area contributed by atoms with Gasteiger partial charge in [0.15, 0.2) is 17.5 Å². The van der Waals surface area contributed by atoms with Crippen LogP contribution in [0.3, 0.4) is 0 Å². The number of methoxy groups -OCH3 is 1. The lowest BCUT2D eigenvalue weighted by atomic mass is 10.2. The molecule has 1 amide bonds. The third-order valence-corrected chi connectivity index (χ3v) is 4.53. The molecule has 1 fully saturated rings. The Morgan fingerprint density at radius 2 is 2.15 bits per heavy atom. The Kier molecular flexibility index (Phi) is 5.43. The molecule has 1 N–H and O–H groups in total. The van der Waals surface area contributed by atoms with Crippen molar-refractivity contribution >= 4 is 12.1 Å². The summed E-state index contributed by atoms with van der Waals surface area (Å²) >= 11 is 0. The number of halogens is 1. The maximum absolute atomic E-state index is 13.8. The highest BCUT2D eigenvalue weighted by Gasteiger charge is 2.36. The molecule has 1 aromatic rings. The van der Waals surface area contributed by atoms with Crippen molar-refractivity contribution in [2.45, 2.75) is 39.0 Å². The van der Waals surface area contributed by atoms with Crippen LogP contribution in [-0.2, 0) is 11.3 Å². The van der Waals surface area contributed by atoms with Gasteiger partial charge in [0.1, 0.15) is 5.60 Å². The monoisotopic (exact) mass is 378 g/mol. The molecule has 2 aliphatic rings. The summed E-state index contributed by atoms with van der Waals surface area (Å²) in [5, 5.41) is 3.28. The summed E-state index contributed by atoms with van der Waals surface area (Å²) in [6.07, 6.45) is -0.280. The highest BCUT2D eigenvalue weighted by molar-refractivity contribution is 5.82. The zero-order valence-electron chi connectivity index (χ0n) is 16.3. The lowest BCUT2D eigenvalue weighted by Crippen LogP contribution is -2.57. The van der Waals surface area contributed by atoms with Gasteiger partial charge in [0, 0.05) is 26.2 Å². The smallest absolute Gasteiger partial charge is 0.410 e. The first-order valence-corrected chi connectivity index (χ1v) is 9.12. The van der Waals surface area contributed by atoms with Crippen LogP contribution in [0.25, 0.3) is 0 Å². The molecule has 1 aromatic carbocycles. The molecule has 27 heavy (non-hydrogen) atoms. The van der Waals surface area contributed by atoms with E-state index in [9.17, 15) is 9.18 Å². The molecule has 7 nitrogen and oxygen atoms in total. The first kappa shape index (κ1) is 19.3. The number of benzene rings is 1. The van der Waals surface area contributed by atoms with E-state index in [1.54, 1.807) is 11.0 Å². The Morgan fingerprint density at radius 1 is 1.37 bits per heavy atom. The standard InChI is InChI=1S/C19H27FN4O3/c1-19(2,3)27-18(25)23-7-8-24-14(12-23)11-22-17(24)21-10-13-5-6-16(26-4)15(20)9-13/h5-6,9,14H,7-8,10-12H2,1-4H3,(H,21,22). The number of nitrogens with one attached hydrogen (secondary N) is 1. The molecule has 2 heterocycles. The first-order chi connectivity index (χ1) is 12.8. The van der Waals surface area contributed by atoms with E-state index in [1.807, 2.05) is 26.8 Å². The van der Waals surface area contributed by atoms with Gasteiger partial charge in [0.05, 0.1) is 19.7 Å². The van der Waals surface area contributed by atoms with E-state index < -0.39 is 5.60 Å². The predicted molar refractivity (Wildman–Crippen MR) is 100 cm³/mol. The van der Waals surface area contributed by atoms with Crippen LogP contribution in [0.4, 0.5) is 9.18 Å². The summed E-state index contributed by atoms with van der Waals surface area (Å²) in [4.78, 5) is 20.7. The third kappa shape index (κ3) is 4.61. The van der Waals surface area contributed by atoms with Gasteiger partial charge in [-0.1, -0.05) is 6.07 Å². The first-order valence-electron chi connectivity index (χ1n) is 9.12. The number of fused-ring (bicyclic) bond motifs is 1. The Balaban J connectivity index is 1.53. The molecule has 2 aliphatic heterocycles. The Hall–Kier alpha value is -2.51. The van der Waals surface area contributed by atoms with Crippen molar-refractivity contribution in [3.05, 3.63) is 29.6 Å². The number of guanidine groups is 1. The molecule has 0 radical (unpaired) electrons. The van der Waals surface area contributed by atoms with Crippen molar-refractivity contribution in [2.75, 3.05) is 33.3 Å². The number of aliphatic imine (C=N–C) groups is 1. The maximum Gasteiger partial charge on any atom is 0.410 e. The van der Waals surface area contributed by atoms with E-state index in [2.05, 4.69) is 15.2 Å². The van der Waals surface area contributed by atoms with Gasteiger partial charge in [0.25, 0.3) is 0 Å².